The summed E-state index contributed by atoms with van der Waals surface area (Å²) in [5.74, 6) is -0.00796. The van der Waals surface area contributed by atoms with Crippen LogP contribution in [-0.2, 0) is 19.1 Å². The van der Waals surface area contributed by atoms with Gasteiger partial charge in [0.15, 0.2) is 0 Å². The Kier molecular flexibility index (Phi) is 32.0. The third-order valence-electron chi connectivity index (χ3n) is 8.80. The quantitative estimate of drug-likeness (QED) is 0.0433. The first-order valence-electron chi connectivity index (χ1n) is 19.3. The van der Waals surface area contributed by atoms with Crippen molar-refractivity contribution in [2.24, 2.45) is 5.92 Å². The summed E-state index contributed by atoms with van der Waals surface area (Å²) in [6, 6.07) is 0. The van der Waals surface area contributed by atoms with Crippen molar-refractivity contribution in [3.8, 4) is 0 Å². The smallest absolute Gasteiger partial charge is 0.308 e. The molecule has 0 spiro atoms. The van der Waals surface area contributed by atoms with Crippen LogP contribution < -0.4 is 0 Å². The molecule has 270 valence electrons. The maximum Gasteiger partial charge on any atom is 0.308 e. The van der Waals surface area contributed by atoms with Crippen LogP contribution in [-0.4, -0.2) is 61.4 Å². The van der Waals surface area contributed by atoms with Gasteiger partial charge in [0.1, 0.15) is 6.61 Å². The molecule has 0 aliphatic carbocycles. The summed E-state index contributed by atoms with van der Waals surface area (Å²) in [6.07, 6.45) is 28.1. The molecule has 0 radical (unpaired) electrons. The number of aliphatic hydroxyl groups is 1. The molecule has 1 atom stereocenters. The van der Waals surface area contributed by atoms with Crippen molar-refractivity contribution in [3.63, 3.8) is 0 Å². The van der Waals surface area contributed by atoms with Gasteiger partial charge in [-0.1, -0.05) is 115 Å². The summed E-state index contributed by atoms with van der Waals surface area (Å²) in [6.45, 7) is 14.5. The van der Waals surface area contributed by atoms with Crippen molar-refractivity contribution < 1.29 is 24.2 Å². The predicted molar refractivity (Wildman–Crippen MR) is 195 cm³/mol. The van der Waals surface area contributed by atoms with Gasteiger partial charge in [0.2, 0.25) is 0 Å². The summed E-state index contributed by atoms with van der Waals surface area (Å²) >= 11 is 0. The molecule has 0 aromatic rings. The Balaban J connectivity index is 4.08. The molecule has 0 aliphatic heterocycles. The largest absolute Gasteiger partial charge is 0.465 e. The molecule has 0 saturated heterocycles. The van der Waals surface area contributed by atoms with E-state index >= 15 is 0 Å². The Morgan fingerprint density at radius 3 is 1.85 bits per heavy atom. The van der Waals surface area contributed by atoms with Gasteiger partial charge in [-0.15, -0.1) is 0 Å². The van der Waals surface area contributed by atoms with Crippen LogP contribution in [0, 0.1) is 5.92 Å². The molecular weight excluding hydrogens is 574 g/mol. The number of ether oxygens (including phenoxy) is 2. The SMILES string of the molecule is CCCCCCCCC(CCCCCC)C(=O)OCCCCCCN(CCO)CCCCCC(=O)OC/C=C(\C)CCC=C(C)C. The zero-order valence-electron chi connectivity index (χ0n) is 31.1. The third-order valence-corrected chi connectivity index (χ3v) is 8.80. The fourth-order valence-corrected chi connectivity index (χ4v) is 5.75. The number of hydrogen-bond acceptors (Lipinski definition) is 6. The highest BCUT2D eigenvalue weighted by molar-refractivity contribution is 5.72. The molecule has 0 rings (SSSR count). The lowest BCUT2D eigenvalue weighted by Gasteiger charge is -2.21. The van der Waals surface area contributed by atoms with Gasteiger partial charge in [0, 0.05) is 13.0 Å². The van der Waals surface area contributed by atoms with E-state index in [1.807, 2.05) is 6.08 Å². The van der Waals surface area contributed by atoms with Gasteiger partial charge < -0.3 is 19.5 Å². The summed E-state index contributed by atoms with van der Waals surface area (Å²) in [7, 11) is 0. The van der Waals surface area contributed by atoms with Gasteiger partial charge >= 0.3 is 11.9 Å². The third kappa shape index (κ3) is 29.7. The molecular formula is C40H75NO5. The van der Waals surface area contributed by atoms with E-state index in [0.29, 0.717) is 26.2 Å². The van der Waals surface area contributed by atoms with Gasteiger partial charge in [0.05, 0.1) is 19.1 Å². The predicted octanol–water partition coefficient (Wildman–Crippen LogP) is 10.5. The monoisotopic (exact) mass is 650 g/mol. The van der Waals surface area contributed by atoms with E-state index in [1.54, 1.807) is 0 Å². The lowest BCUT2D eigenvalue weighted by molar-refractivity contribution is -0.149. The van der Waals surface area contributed by atoms with E-state index < -0.39 is 0 Å². The summed E-state index contributed by atoms with van der Waals surface area (Å²) in [4.78, 5) is 27.2. The van der Waals surface area contributed by atoms with E-state index in [9.17, 15) is 14.7 Å². The Hall–Kier alpha value is -1.66. The second-order valence-corrected chi connectivity index (χ2v) is 13.6. The maximum absolute atomic E-state index is 12.8. The molecule has 0 aromatic carbocycles. The normalized spacial score (nSPS) is 12.4. The van der Waals surface area contributed by atoms with Gasteiger partial charge in [-0.25, -0.2) is 0 Å². The van der Waals surface area contributed by atoms with Crippen LogP contribution in [0.25, 0.3) is 0 Å². The average molecular weight is 650 g/mol. The van der Waals surface area contributed by atoms with Crippen molar-refractivity contribution in [3.05, 3.63) is 23.3 Å². The second-order valence-electron chi connectivity index (χ2n) is 13.6. The fourth-order valence-electron chi connectivity index (χ4n) is 5.75. The molecule has 0 saturated carbocycles. The Morgan fingerprint density at radius 2 is 1.22 bits per heavy atom. The zero-order valence-corrected chi connectivity index (χ0v) is 31.1. The molecule has 46 heavy (non-hydrogen) atoms. The van der Waals surface area contributed by atoms with Gasteiger partial charge in [-0.2, -0.15) is 0 Å². The minimum atomic E-state index is -0.119. The maximum atomic E-state index is 12.8. The summed E-state index contributed by atoms with van der Waals surface area (Å²) < 4.78 is 11.1. The van der Waals surface area contributed by atoms with Crippen molar-refractivity contribution in [2.45, 2.75) is 176 Å². The van der Waals surface area contributed by atoms with Gasteiger partial charge in [-0.3, -0.25) is 9.59 Å². The van der Waals surface area contributed by atoms with Crippen LogP contribution in [0.5, 0.6) is 0 Å². The van der Waals surface area contributed by atoms with Crippen LogP contribution in [0.3, 0.4) is 0 Å². The van der Waals surface area contributed by atoms with Crippen molar-refractivity contribution >= 4 is 11.9 Å². The van der Waals surface area contributed by atoms with E-state index in [1.165, 1.54) is 62.5 Å². The average Bonchev–Trinajstić information content (AvgIpc) is 3.02. The first-order chi connectivity index (χ1) is 22.3. The summed E-state index contributed by atoms with van der Waals surface area (Å²) in [5, 5.41) is 9.50. The summed E-state index contributed by atoms with van der Waals surface area (Å²) in [5.41, 5.74) is 2.59. The second kappa shape index (κ2) is 33.2. The fraction of sp³-hybridized carbons (Fsp3) is 0.850. The molecule has 0 aromatic heterocycles. The minimum Gasteiger partial charge on any atom is -0.465 e. The number of esters is 2. The molecule has 0 heterocycles. The standard InChI is InChI=1S/C40H75NO5/c1-6-8-10-12-13-18-27-38(26-17-11-9-7-2)40(44)46-34-22-15-14-20-30-41(32-33-42)31-21-16-19-28-39(43)45-35-29-37(5)25-23-24-36(3)4/h24,29,38,42H,6-23,25-28,30-35H2,1-5H3/b37-29+. The molecule has 0 bridgehead atoms. The zero-order chi connectivity index (χ0) is 34.1. The topological polar surface area (TPSA) is 76.1 Å². The van der Waals surface area contributed by atoms with Crippen molar-refractivity contribution in [1.29, 1.82) is 0 Å². The molecule has 1 N–H and O–H groups in total. The Bertz CT molecular complexity index is 774. The number of allylic oxidation sites excluding steroid dienone is 3. The van der Waals surface area contributed by atoms with Crippen LogP contribution in [0.15, 0.2) is 23.3 Å². The number of unbranched alkanes of at least 4 members (excludes halogenated alkanes) is 13. The highest BCUT2D eigenvalue weighted by atomic mass is 16.5. The Labute approximate surface area is 285 Å². The van der Waals surface area contributed by atoms with Crippen molar-refractivity contribution in [2.75, 3.05) is 39.5 Å². The number of nitrogens with zero attached hydrogens (tertiary/aromatic N) is 1. The van der Waals surface area contributed by atoms with Crippen LogP contribution >= 0.6 is 0 Å². The van der Waals surface area contributed by atoms with Crippen LogP contribution in [0.2, 0.25) is 0 Å². The van der Waals surface area contributed by atoms with E-state index in [-0.39, 0.29) is 24.5 Å². The van der Waals surface area contributed by atoms with Gasteiger partial charge in [-0.05, 0) is 91.3 Å². The number of hydrogen-bond donors (Lipinski definition) is 1. The number of aliphatic hydroxyl groups excluding tert-OH is 1. The molecule has 1 unspecified atom stereocenters. The minimum absolute atomic E-state index is 0.0325. The number of carbonyl (C=O) groups excluding carboxylic acids is 2. The number of carbonyl (C=O) groups is 2. The first kappa shape index (κ1) is 44.3. The lowest BCUT2D eigenvalue weighted by atomic mass is 9.94. The van der Waals surface area contributed by atoms with Crippen LogP contribution in [0.1, 0.15) is 176 Å². The molecule has 6 heteroatoms. The highest BCUT2D eigenvalue weighted by Crippen LogP contribution is 2.21. The Morgan fingerprint density at radius 1 is 0.652 bits per heavy atom. The first-order valence-corrected chi connectivity index (χ1v) is 19.3. The van der Waals surface area contributed by atoms with E-state index in [0.717, 1.165) is 96.6 Å². The lowest BCUT2D eigenvalue weighted by Crippen LogP contribution is -2.29. The molecule has 0 amide bonds. The number of rotatable bonds is 33. The van der Waals surface area contributed by atoms with Gasteiger partial charge in [0.25, 0.3) is 0 Å². The molecule has 0 fully saturated rings. The molecule has 0 aliphatic rings. The van der Waals surface area contributed by atoms with Crippen LogP contribution in [0.4, 0.5) is 0 Å². The molecule has 6 nitrogen and oxygen atoms in total. The highest BCUT2D eigenvalue weighted by Gasteiger charge is 2.19. The van der Waals surface area contributed by atoms with E-state index in [4.69, 9.17) is 9.47 Å². The van der Waals surface area contributed by atoms with Crippen molar-refractivity contribution in [1.82, 2.24) is 4.90 Å². The van der Waals surface area contributed by atoms with E-state index in [2.05, 4.69) is 45.6 Å².